The number of aromatic nitrogens is 2. The number of benzene rings is 1. The Hall–Kier alpha value is -2.90. The van der Waals surface area contributed by atoms with Gasteiger partial charge in [-0.15, -0.1) is 10.2 Å². The molecule has 1 aromatic heterocycles. The Bertz CT molecular complexity index is 835. The Labute approximate surface area is 170 Å². The molecule has 3 rings (SSSR count). The largest absolute Gasteiger partial charge is 0.497 e. The SMILES string of the molecule is COC(=O)C1CCCCN1C(=O)CCc1nnc(CCc2cccc(OC)c2)o1. The van der Waals surface area contributed by atoms with Gasteiger partial charge < -0.3 is 18.8 Å². The number of piperidine rings is 1. The molecule has 1 aliphatic heterocycles. The van der Waals surface area contributed by atoms with E-state index in [1.807, 2.05) is 24.3 Å². The molecule has 0 bridgehead atoms. The van der Waals surface area contributed by atoms with Crippen LogP contribution in [0.3, 0.4) is 0 Å². The summed E-state index contributed by atoms with van der Waals surface area (Å²) in [4.78, 5) is 26.1. The summed E-state index contributed by atoms with van der Waals surface area (Å²) in [5.74, 6) is 1.36. The van der Waals surface area contributed by atoms with Crippen LogP contribution in [-0.2, 0) is 33.6 Å². The van der Waals surface area contributed by atoms with Gasteiger partial charge in [0.25, 0.3) is 0 Å². The molecule has 1 aromatic carbocycles. The number of carbonyl (C=O) groups excluding carboxylic acids is 2. The first-order valence-corrected chi connectivity index (χ1v) is 9.92. The molecule has 0 saturated carbocycles. The van der Waals surface area contributed by atoms with Crippen LogP contribution in [-0.4, -0.2) is 53.8 Å². The van der Waals surface area contributed by atoms with Gasteiger partial charge in [0.1, 0.15) is 11.8 Å². The Kier molecular flexibility index (Phi) is 7.21. The van der Waals surface area contributed by atoms with E-state index in [4.69, 9.17) is 13.9 Å². The molecule has 1 saturated heterocycles. The van der Waals surface area contributed by atoms with Crippen molar-refractivity contribution in [3.05, 3.63) is 41.6 Å². The number of carbonyl (C=O) groups is 2. The highest BCUT2D eigenvalue weighted by molar-refractivity contribution is 5.84. The van der Waals surface area contributed by atoms with E-state index in [1.165, 1.54) is 7.11 Å². The first kappa shape index (κ1) is 20.8. The first-order chi connectivity index (χ1) is 14.1. The fourth-order valence-electron chi connectivity index (χ4n) is 3.54. The van der Waals surface area contributed by atoms with Crippen LogP contribution < -0.4 is 4.74 Å². The third kappa shape index (κ3) is 5.56. The fourth-order valence-corrected chi connectivity index (χ4v) is 3.54. The third-order valence-electron chi connectivity index (χ3n) is 5.12. The summed E-state index contributed by atoms with van der Waals surface area (Å²) in [7, 11) is 2.99. The number of esters is 1. The molecular formula is C21H27N3O5. The van der Waals surface area contributed by atoms with E-state index in [2.05, 4.69) is 10.2 Å². The maximum Gasteiger partial charge on any atom is 0.328 e. The van der Waals surface area contributed by atoms with Crippen LogP contribution in [0.2, 0.25) is 0 Å². The zero-order chi connectivity index (χ0) is 20.6. The van der Waals surface area contributed by atoms with Gasteiger partial charge in [0, 0.05) is 25.8 Å². The van der Waals surface area contributed by atoms with E-state index < -0.39 is 6.04 Å². The van der Waals surface area contributed by atoms with Gasteiger partial charge in [-0.1, -0.05) is 12.1 Å². The van der Waals surface area contributed by atoms with E-state index in [1.54, 1.807) is 12.0 Å². The van der Waals surface area contributed by atoms with Gasteiger partial charge in [0.05, 0.1) is 14.2 Å². The smallest absolute Gasteiger partial charge is 0.328 e. The number of amides is 1. The average Bonchev–Trinajstić information content (AvgIpc) is 3.23. The number of aryl methyl sites for hydroxylation is 3. The van der Waals surface area contributed by atoms with Crippen LogP contribution in [0.4, 0.5) is 0 Å². The molecule has 0 N–H and O–H groups in total. The Morgan fingerprint density at radius 2 is 1.93 bits per heavy atom. The van der Waals surface area contributed by atoms with Crippen molar-refractivity contribution >= 4 is 11.9 Å². The van der Waals surface area contributed by atoms with E-state index >= 15 is 0 Å². The summed E-state index contributed by atoms with van der Waals surface area (Å²) in [6, 6.07) is 7.36. The molecule has 8 heteroatoms. The minimum absolute atomic E-state index is 0.0868. The number of methoxy groups -OCH3 is 2. The van der Waals surface area contributed by atoms with Crippen molar-refractivity contribution in [2.24, 2.45) is 0 Å². The van der Waals surface area contributed by atoms with E-state index in [9.17, 15) is 9.59 Å². The Balaban J connectivity index is 1.50. The van der Waals surface area contributed by atoms with Crippen molar-refractivity contribution in [1.29, 1.82) is 0 Å². The monoisotopic (exact) mass is 401 g/mol. The molecule has 1 fully saturated rings. The topological polar surface area (TPSA) is 94.8 Å². The molecule has 8 nitrogen and oxygen atoms in total. The molecule has 1 aliphatic rings. The minimum Gasteiger partial charge on any atom is -0.497 e. The predicted octanol–water partition coefficient (Wildman–Crippen LogP) is 2.35. The molecule has 2 aromatic rings. The molecule has 1 atom stereocenters. The van der Waals surface area contributed by atoms with Crippen molar-refractivity contribution in [2.45, 2.75) is 51.0 Å². The van der Waals surface area contributed by atoms with Crippen molar-refractivity contribution in [1.82, 2.24) is 15.1 Å². The van der Waals surface area contributed by atoms with E-state index in [-0.39, 0.29) is 18.3 Å². The zero-order valence-electron chi connectivity index (χ0n) is 16.9. The van der Waals surface area contributed by atoms with Gasteiger partial charge in [-0.3, -0.25) is 4.79 Å². The number of likely N-dealkylation sites (tertiary alicyclic amines) is 1. The lowest BCUT2D eigenvalue weighted by molar-refractivity contribution is -0.154. The molecule has 0 radical (unpaired) electrons. The molecule has 0 spiro atoms. The summed E-state index contributed by atoms with van der Waals surface area (Å²) in [5, 5.41) is 8.12. The van der Waals surface area contributed by atoms with Gasteiger partial charge >= 0.3 is 5.97 Å². The second kappa shape index (κ2) is 10.0. The predicted molar refractivity (Wildman–Crippen MR) is 104 cm³/mol. The minimum atomic E-state index is -0.484. The number of hydrogen-bond donors (Lipinski definition) is 0. The van der Waals surface area contributed by atoms with Crippen LogP contribution in [0.1, 0.15) is 43.0 Å². The molecule has 1 amide bonds. The molecular weight excluding hydrogens is 374 g/mol. The van der Waals surface area contributed by atoms with E-state index in [0.717, 1.165) is 30.6 Å². The number of rotatable bonds is 8. The average molecular weight is 401 g/mol. The number of hydrogen-bond acceptors (Lipinski definition) is 7. The van der Waals surface area contributed by atoms with Crippen LogP contribution in [0, 0.1) is 0 Å². The summed E-state index contributed by atoms with van der Waals surface area (Å²) in [6.45, 7) is 0.578. The lowest BCUT2D eigenvalue weighted by atomic mass is 10.0. The molecule has 1 unspecified atom stereocenters. The Morgan fingerprint density at radius 1 is 1.14 bits per heavy atom. The second-order valence-electron chi connectivity index (χ2n) is 7.06. The van der Waals surface area contributed by atoms with Crippen molar-refractivity contribution in [3.63, 3.8) is 0 Å². The zero-order valence-corrected chi connectivity index (χ0v) is 16.9. The quantitative estimate of drug-likeness (QED) is 0.627. The van der Waals surface area contributed by atoms with Crippen LogP contribution in [0.25, 0.3) is 0 Å². The fraction of sp³-hybridized carbons (Fsp3) is 0.524. The third-order valence-corrected chi connectivity index (χ3v) is 5.12. The molecule has 2 heterocycles. The van der Waals surface area contributed by atoms with Gasteiger partial charge in [0.2, 0.25) is 17.7 Å². The highest BCUT2D eigenvalue weighted by atomic mass is 16.5. The van der Waals surface area contributed by atoms with E-state index in [0.29, 0.717) is 37.6 Å². The maximum atomic E-state index is 12.6. The summed E-state index contributed by atoms with van der Waals surface area (Å²) in [5.41, 5.74) is 1.12. The van der Waals surface area contributed by atoms with Crippen LogP contribution in [0.5, 0.6) is 5.75 Å². The van der Waals surface area contributed by atoms with Gasteiger partial charge in [-0.2, -0.15) is 0 Å². The highest BCUT2D eigenvalue weighted by Crippen LogP contribution is 2.20. The maximum absolute atomic E-state index is 12.6. The van der Waals surface area contributed by atoms with Crippen LogP contribution >= 0.6 is 0 Å². The molecule has 156 valence electrons. The first-order valence-electron chi connectivity index (χ1n) is 9.92. The van der Waals surface area contributed by atoms with Gasteiger partial charge in [-0.05, 0) is 43.4 Å². The Morgan fingerprint density at radius 3 is 2.69 bits per heavy atom. The second-order valence-corrected chi connectivity index (χ2v) is 7.06. The van der Waals surface area contributed by atoms with Crippen LogP contribution in [0.15, 0.2) is 28.7 Å². The van der Waals surface area contributed by atoms with Crippen molar-refractivity contribution < 1.29 is 23.5 Å². The number of ether oxygens (including phenoxy) is 2. The summed E-state index contributed by atoms with van der Waals surface area (Å²) < 4.78 is 15.7. The normalized spacial score (nSPS) is 16.5. The van der Waals surface area contributed by atoms with Crippen molar-refractivity contribution in [3.8, 4) is 5.75 Å². The van der Waals surface area contributed by atoms with Crippen molar-refractivity contribution in [2.75, 3.05) is 20.8 Å². The number of nitrogens with zero attached hydrogens (tertiary/aromatic N) is 3. The standard InChI is InChI=1S/C21H27N3O5/c1-27-16-7-5-6-15(14-16)9-10-18-22-23-19(29-18)11-12-20(25)24-13-4-3-8-17(24)21(26)28-2/h5-7,14,17H,3-4,8-13H2,1-2H3. The van der Waals surface area contributed by atoms with Gasteiger partial charge in [0.15, 0.2) is 0 Å². The molecule has 0 aliphatic carbocycles. The summed E-state index contributed by atoms with van der Waals surface area (Å²) >= 11 is 0. The highest BCUT2D eigenvalue weighted by Gasteiger charge is 2.32. The molecule has 29 heavy (non-hydrogen) atoms. The summed E-state index contributed by atoms with van der Waals surface area (Å²) in [6.07, 6.45) is 4.42. The lowest BCUT2D eigenvalue weighted by Crippen LogP contribution is -2.48. The van der Waals surface area contributed by atoms with Gasteiger partial charge in [-0.25, -0.2) is 4.79 Å². The lowest BCUT2D eigenvalue weighted by Gasteiger charge is -2.33.